The maximum absolute atomic E-state index is 12.4. The number of carbonyl (C=O) groups is 4. The lowest BCUT2D eigenvalue weighted by Crippen LogP contribution is -2.51. The molecule has 0 aromatic heterocycles. The molecule has 1 aromatic rings. The third-order valence-electron chi connectivity index (χ3n) is 4.89. The minimum absolute atomic E-state index is 0.0619. The number of nitro groups is 1. The molecule has 2 aliphatic rings. The molecule has 35 heavy (non-hydrogen) atoms. The van der Waals surface area contributed by atoms with Gasteiger partial charge in [0.2, 0.25) is 0 Å². The Morgan fingerprint density at radius 3 is 2.57 bits per heavy atom. The van der Waals surface area contributed by atoms with Crippen molar-refractivity contribution in [2.45, 2.75) is 31.9 Å². The van der Waals surface area contributed by atoms with Crippen LogP contribution in [0.3, 0.4) is 0 Å². The van der Waals surface area contributed by atoms with Gasteiger partial charge < -0.3 is 19.9 Å². The molecule has 1 aromatic carbocycles. The summed E-state index contributed by atoms with van der Waals surface area (Å²) in [7, 11) is 0. The predicted molar refractivity (Wildman–Crippen MR) is 126 cm³/mol. The number of nitrogens with zero attached hydrogens (tertiary/aromatic N) is 2. The van der Waals surface area contributed by atoms with Crippen LogP contribution < -0.4 is 5.32 Å². The average Bonchev–Trinajstić information content (AvgIpc) is 3.16. The number of hydrogen-bond acceptors (Lipinski definition) is 10. The Balaban J connectivity index is 1.63. The van der Waals surface area contributed by atoms with E-state index in [1.807, 2.05) is 0 Å². The summed E-state index contributed by atoms with van der Waals surface area (Å²) in [4.78, 5) is 60.0. The number of thioether (sulfide) groups is 2. The zero-order valence-corrected chi connectivity index (χ0v) is 20.2. The average molecular weight is 524 g/mol. The summed E-state index contributed by atoms with van der Waals surface area (Å²) in [5.41, 5.74) is 0.731. The van der Waals surface area contributed by atoms with Gasteiger partial charge in [0, 0.05) is 23.5 Å². The zero-order chi connectivity index (χ0) is 25.7. The molecule has 0 saturated carbocycles. The van der Waals surface area contributed by atoms with E-state index in [0.29, 0.717) is 15.4 Å². The van der Waals surface area contributed by atoms with Crippen molar-refractivity contribution in [1.29, 1.82) is 0 Å². The Morgan fingerprint density at radius 1 is 1.31 bits per heavy atom. The molecule has 1 saturated heterocycles. The van der Waals surface area contributed by atoms with Gasteiger partial charge in [0.25, 0.3) is 11.6 Å². The number of nitrogens with one attached hydrogen (secondary N) is 1. The van der Waals surface area contributed by atoms with Gasteiger partial charge in [0.05, 0.1) is 15.8 Å². The fourth-order valence-electron chi connectivity index (χ4n) is 3.19. The first-order valence-corrected chi connectivity index (χ1v) is 12.1. The smallest absolute Gasteiger partial charge is 0.408 e. The van der Waals surface area contributed by atoms with Gasteiger partial charge in [0.15, 0.2) is 5.70 Å². The van der Waals surface area contributed by atoms with Crippen LogP contribution in [0.2, 0.25) is 0 Å². The SMILES string of the molecule is CC=C1C(=O)N2C(C(=O)O)=C(SCC(NC(=O)OCc3ccc([N+](=O)[O-])cc3)C(=O)OCC)S[C@@H]12. The van der Waals surface area contributed by atoms with Crippen LogP contribution in [0.15, 0.2) is 45.8 Å². The van der Waals surface area contributed by atoms with Crippen LogP contribution >= 0.6 is 23.5 Å². The second kappa shape index (κ2) is 11.3. The third kappa shape index (κ3) is 5.77. The zero-order valence-electron chi connectivity index (χ0n) is 18.6. The highest BCUT2D eigenvalue weighted by atomic mass is 32.2. The minimum Gasteiger partial charge on any atom is -0.477 e. The summed E-state index contributed by atoms with van der Waals surface area (Å²) in [5, 5.41) is 22.3. The number of rotatable bonds is 10. The molecule has 2 aliphatic heterocycles. The second-order valence-corrected chi connectivity index (χ2v) is 9.47. The lowest BCUT2D eigenvalue weighted by Gasteiger charge is -2.36. The summed E-state index contributed by atoms with van der Waals surface area (Å²) in [5.74, 6) is -2.45. The van der Waals surface area contributed by atoms with Crippen molar-refractivity contribution in [2.75, 3.05) is 12.4 Å². The summed E-state index contributed by atoms with van der Waals surface area (Å²) in [6.07, 6.45) is 0.705. The van der Waals surface area contributed by atoms with E-state index >= 15 is 0 Å². The molecule has 186 valence electrons. The number of nitro benzene ring substituents is 1. The summed E-state index contributed by atoms with van der Waals surface area (Å²) in [6.45, 7) is 3.16. The van der Waals surface area contributed by atoms with E-state index in [9.17, 15) is 34.4 Å². The number of alkyl carbamates (subject to hydrolysis) is 1. The number of fused-ring (bicyclic) bond motifs is 1. The molecule has 3 rings (SSSR count). The molecule has 14 heteroatoms. The Bertz CT molecular complexity index is 1120. The van der Waals surface area contributed by atoms with Crippen LogP contribution in [0.25, 0.3) is 0 Å². The highest BCUT2D eigenvalue weighted by Gasteiger charge is 2.52. The van der Waals surface area contributed by atoms with Crippen molar-refractivity contribution < 1.29 is 38.7 Å². The number of carbonyl (C=O) groups excluding carboxylic acids is 3. The number of allylic oxidation sites excluding steroid dienone is 1. The normalized spacial score (nSPS) is 18.6. The van der Waals surface area contributed by atoms with Crippen molar-refractivity contribution in [3.05, 3.63) is 61.5 Å². The fourth-order valence-corrected chi connectivity index (χ4v) is 5.97. The lowest BCUT2D eigenvalue weighted by atomic mass is 10.1. The monoisotopic (exact) mass is 523 g/mol. The first-order chi connectivity index (χ1) is 16.7. The standard InChI is InChI=1S/C21H21N3O9S2/c1-3-13-16(25)23-15(18(26)27)20(35-17(13)23)34-10-14(19(28)32-4-2)22-21(29)33-9-11-5-7-12(8-6-11)24(30)31/h3,5-8,14,17H,4,9-10H2,1-2H3,(H,22,29)(H,26,27)/t14?,17-/m0/s1. The van der Waals surface area contributed by atoms with E-state index in [1.54, 1.807) is 19.9 Å². The number of hydrogen-bond donors (Lipinski definition) is 2. The Kier molecular flexibility index (Phi) is 8.40. The molecular formula is C21H21N3O9S2. The number of ether oxygens (including phenoxy) is 2. The fraction of sp³-hybridized carbons (Fsp3) is 0.333. The van der Waals surface area contributed by atoms with E-state index in [4.69, 9.17) is 9.47 Å². The highest BCUT2D eigenvalue weighted by Crippen LogP contribution is 2.52. The molecule has 2 amide bonds. The highest BCUT2D eigenvalue weighted by molar-refractivity contribution is 8.23. The lowest BCUT2D eigenvalue weighted by molar-refractivity contribution is -0.384. The molecule has 1 fully saturated rings. The number of carboxylic acids is 1. The van der Waals surface area contributed by atoms with E-state index in [-0.39, 0.29) is 36.3 Å². The number of non-ortho nitro benzene ring substituents is 1. The maximum Gasteiger partial charge on any atom is 0.408 e. The number of aliphatic carboxylic acids is 1. The number of benzene rings is 1. The molecule has 1 unspecified atom stereocenters. The van der Waals surface area contributed by atoms with Gasteiger partial charge in [-0.3, -0.25) is 19.8 Å². The van der Waals surface area contributed by atoms with E-state index in [0.717, 1.165) is 11.8 Å². The molecular weight excluding hydrogens is 502 g/mol. The van der Waals surface area contributed by atoms with E-state index in [2.05, 4.69) is 5.32 Å². The molecule has 0 radical (unpaired) electrons. The van der Waals surface area contributed by atoms with Gasteiger partial charge in [0.1, 0.15) is 18.0 Å². The largest absolute Gasteiger partial charge is 0.477 e. The van der Waals surface area contributed by atoms with Crippen LogP contribution in [-0.2, 0) is 30.5 Å². The molecule has 2 N–H and O–H groups in total. The Morgan fingerprint density at radius 2 is 2.00 bits per heavy atom. The summed E-state index contributed by atoms with van der Waals surface area (Å²) < 4.78 is 10.4. The van der Waals surface area contributed by atoms with Crippen LogP contribution in [-0.4, -0.2) is 62.6 Å². The predicted octanol–water partition coefficient (Wildman–Crippen LogP) is 2.60. The van der Waals surface area contributed by atoms with Crippen molar-refractivity contribution in [3.8, 4) is 0 Å². The van der Waals surface area contributed by atoms with Gasteiger partial charge in [-0.2, -0.15) is 0 Å². The van der Waals surface area contributed by atoms with Gasteiger partial charge in [-0.05, 0) is 31.5 Å². The molecule has 0 spiro atoms. The van der Waals surface area contributed by atoms with Crippen LogP contribution in [0.5, 0.6) is 0 Å². The Hall–Kier alpha value is -3.52. The molecule has 0 bridgehead atoms. The third-order valence-corrected chi connectivity index (χ3v) is 7.59. The quantitative estimate of drug-likeness (QED) is 0.152. The van der Waals surface area contributed by atoms with Gasteiger partial charge in [-0.15, -0.1) is 11.8 Å². The number of carboxylic acid groups (broad SMARTS) is 1. The first-order valence-electron chi connectivity index (χ1n) is 10.3. The minimum atomic E-state index is -1.27. The second-order valence-electron chi connectivity index (χ2n) is 7.09. The van der Waals surface area contributed by atoms with E-state index < -0.39 is 34.4 Å². The van der Waals surface area contributed by atoms with Crippen LogP contribution in [0.1, 0.15) is 19.4 Å². The number of β-lactam (4-membered cyclic amide) rings is 1. The van der Waals surface area contributed by atoms with Crippen molar-refractivity contribution in [1.82, 2.24) is 10.2 Å². The van der Waals surface area contributed by atoms with Crippen molar-refractivity contribution in [3.63, 3.8) is 0 Å². The Labute approximate surface area is 207 Å². The topological polar surface area (TPSA) is 165 Å². The summed E-state index contributed by atoms with van der Waals surface area (Å²) in [6, 6.07) is 4.26. The van der Waals surface area contributed by atoms with Gasteiger partial charge in [-0.1, -0.05) is 17.8 Å². The van der Waals surface area contributed by atoms with E-state index in [1.165, 1.54) is 40.9 Å². The molecule has 12 nitrogen and oxygen atoms in total. The van der Waals surface area contributed by atoms with Crippen LogP contribution in [0.4, 0.5) is 10.5 Å². The number of esters is 1. The number of amides is 2. The molecule has 2 atom stereocenters. The first kappa shape index (κ1) is 26.1. The molecule has 0 aliphatic carbocycles. The van der Waals surface area contributed by atoms with Gasteiger partial charge >= 0.3 is 18.0 Å². The maximum atomic E-state index is 12.4. The van der Waals surface area contributed by atoms with Crippen LogP contribution in [0, 0.1) is 10.1 Å². The van der Waals surface area contributed by atoms with Crippen molar-refractivity contribution in [2.24, 2.45) is 0 Å². The molecule has 2 heterocycles. The summed E-state index contributed by atoms with van der Waals surface area (Å²) >= 11 is 2.20. The van der Waals surface area contributed by atoms with Crippen molar-refractivity contribution >= 4 is 53.2 Å². The van der Waals surface area contributed by atoms with Gasteiger partial charge in [-0.25, -0.2) is 14.4 Å².